The van der Waals surface area contributed by atoms with Gasteiger partial charge in [0, 0.05) is 38.9 Å². The van der Waals surface area contributed by atoms with Gasteiger partial charge in [0.15, 0.2) is 0 Å². The van der Waals surface area contributed by atoms with Crippen LogP contribution in [0, 0.1) is 0 Å². The van der Waals surface area contributed by atoms with Crippen LogP contribution in [0.1, 0.15) is 25.0 Å². The van der Waals surface area contributed by atoms with E-state index in [2.05, 4.69) is 242 Å². The van der Waals surface area contributed by atoms with Gasteiger partial charge in [0.1, 0.15) is 0 Å². The molecule has 2 nitrogen and oxygen atoms in total. The first-order valence-electron chi connectivity index (χ1n) is 20.5. The van der Waals surface area contributed by atoms with E-state index >= 15 is 0 Å². The molecule has 0 amide bonds. The highest BCUT2D eigenvalue weighted by molar-refractivity contribution is 6.10. The van der Waals surface area contributed by atoms with Crippen LogP contribution in [0.5, 0.6) is 0 Å². The fraction of sp³-hybridized carbons (Fsp3) is 0.0526. The predicted octanol–water partition coefficient (Wildman–Crippen LogP) is 15.6. The Hall–Kier alpha value is -7.42. The molecule has 10 aromatic rings. The molecule has 0 N–H and O–H groups in total. The maximum atomic E-state index is 2.44. The van der Waals surface area contributed by atoms with Gasteiger partial charge in [-0.05, 0) is 128 Å². The van der Waals surface area contributed by atoms with Crippen molar-refractivity contribution in [2.75, 3.05) is 4.90 Å². The second-order valence-corrected chi connectivity index (χ2v) is 16.2. The lowest BCUT2D eigenvalue weighted by molar-refractivity contribution is 0.660. The molecule has 0 unspecified atom stereocenters. The number of nitrogens with zero attached hydrogens (tertiary/aromatic N) is 2. The quantitative estimate of drug-likeness (QED) is 0.157. The van der Waals surface area contributed by atoms with Crippen LogP contribution >= 0.6 is 0 Å². The number of hydrogen-bond donors (Lipinski definition) is 0. The molecule has 0 aliphatic heterocycles. The molecule has 1 aliphatic rings. The second kappa shape index (κ2) is 13.9. The van der Waals surface area contributed by atoms with Crippen LogP contribution < -0.4 is 4.90 Å². The van der Waals surface area contributed by atoms with Gasteiger partial charge in [-0.15, -0.1) is 0 Å². The zero-order valence-corrected chi connectivity index (χ0v) is 33.2. The summed E-state index contributed by atoms with van der Waals surface area (Å²) in [6, 6.07) is 79.9. The normalized spacial score (nSPS) is 12.7. The molecule has 0 spiro atoms. The Morgan fingerprint density at radius 3 is 1.51 bits per heavy atom. The van der Waals surface area contributed by atoms with Gasteiger partial charge in [-0.25, -0.2) is 0 Å². The molecule has 280 valence electrons. The number of rotatable bonds is 7. The lowest BCUT2D eigenvalue weighted by Crippen LogP contribution is -2.16. The lowest BCUT2D eigenvalue weighted by atomic mass is 9.82. The maximum Gasteiger partial charge on any atom is 0.0561 e. The van der Waals surface area contributed by atoms with Crippen LogP contribution in [0.4, 0.5) is 17.1 Å². The third kappa shape index (κ3) is 5.87. The number of hydrogen-bond acceptors (Lipinski definition) is 1. The molecule has 0 bridgehead atoms. The van der Waals surface area contributed by atoms with Crippen molar-refractivity contribution < 1.29 is 0 Å². The third-order valence-electron chi connectivity index (χ3n) is 12.4. The van der Waals surface area contributed by atoms with Gasteiger partial charge in [0.2, 0.25) is 0 Å². The summed E-state index contributed by atoms with van der Waals surface area (Å²) >= 11 is 0. The van der Waals surface area contributed by atoms with E-state index in [4.69, 9.17) is 0 Å². The van der Waals surface area contributed by atoms with Crippen molar-refractivity contribution in [3.8, 4) is 50.2 Å². The van der Waals surface area contributed by atoms with Crippen LogP contribution in [0.25, 0.3) is 72.0 Å². The van der Waals surface area contributed by atoms with Crippen LogP contribution in [0.2, 0.25) is 0 Å². The molecule has 0 saturated carbocycles. The van der Waals surface area contributed by atoms with Crippen LogP contribution in [0.3, 0.4) is 0 Å². The largest absolute Gasteiger partial charge is 0.310 e. The Morgan fingerprint density at radius 1 is 0.339 bits per heavy atom. The molecular formula is C57H42N2. The van der Waals surface area contributed by atoms with Crippen LogP contribution in [-0.4, -0.2) is 4.57 Å². The number of fused-ring (bicyclic) bond motifs is 6. The summed E-state index contributed by atoms with van der Waals surface area (Å²) in [7, 11) is 0. The topological polar surface area (TPSA) is 8.17 Å². The van der Waals surface area contributed by atoms with Gasteiger partial charge in [-0.3, -0.25) is 0 Å². The minimum Gasteiger partial charge on any atom is -0.310 e. The Balaban J connectivity index is 1.09. The van der Waals surface area contributed by atoms with Crippen LogP contribution in [-0.2, 0) is 5.41 Å². The molecule has 0 radical (unpaired) electrons. The van der Waals surface area contributed by atoms with Crippen LogP contribution in [0.15, 0.2) is 218 Å². The summed E-state index contributed by atoms with van der Waals surface area (Å²) in [6.07, 6.45) is 0. The molecule has 1 aliphatic carbocycles. The molecule has 1 aromatic heterocycles. The predicted molar refractivity (Wildman–Crippen MR) is 249 cm³/mol. The first kappa shape index (κ1) is 34.8. The zero-order chi connectivity index (χ0) is 39.5. The van der Waals surface area contributed by atoms with Gasteiger partial charge < -0.3 is 9.47 Å². The fourth-order valence-electron chi connectivity index (χ4n) is 9.42. The average Bonchev–Trinajstić information content (AvgIpc) is 3.75. The number of aromatic nitrogens is 1. The monoisotopic (exact) mass is 754 g/mol. The summed E-state index contributed by atoms with van der Waals surface area (Å²) in [5, 5.41) is 2.49. The fourth-order valence-corrected chi connectivity index (χ4v) is 9.42. The smallest absolute Gasteiger partial charge is 0.0561 e. The van der Waals surface area contributed by atoms with E-state index in [1.807, 2.05) is 0 Å². The summed E-state index contributed by atoms with van der Waals surface area (Å²) in [5.74, 6) is 0. The minimum absolute atomic E-state index is 0.124. The Morgan fingerprint density at radius 2 is 0.831 bits per heavy atom. The van der Waals surface area contributed by atoms with Crippen molar-refractivity contribution in [3.05, 3.63) is 230 Å². The van der Waals surface area contributed by atoms with Crippen molar-refractivity contribution in [2.45, 2.75) is 19.3 Å². The molecule has 11 rings (SSSR count). The first-order chi connectivity index (χ1) is 29.0. The summed E-state index contributed by atoms with van der Waals surface area (Å²) in [4.78, 5) is 2.44. The SMILES string of the molecule is CC1(C)c2ccccc2-c2ccc(N(c3ccc(-c4cc(-c5ccccc5)cc(-c5ccccc5)c4)cc3)c3ccc4c5ccccc5n(-c5ccccc5)c4c3)cc21. The first-order valence-corrected chi connectivity index (χ1v) is 20.5. The van der Waals surface area contributed by atoms with Gasteiger partial charge >= 0.3 is 0 Å². The van der Waals surface area contributed by atoms with E-state index < -0.39 is 0 Å². The van der Waals surface area contributed by atoms with Crippen molar-refractivity contribution >= 4 is 38.9 Å². The highest BCUT2D eigenvalue weighted by Crippen LogP contribution is 2.51. The average molecular weight is 755 g/mol. The number of benzene rings is 9. The Labute approximate surface area is 345 Å². The Bertz CT molecular complexity index is 3100. The summed E-state index contributed by atoms with van der Waals surface area (Å²) in [6.45, 7) is 4.72. The van der Waals surface area contributed by atoms with E-state index in [1.165, 1.54) is 77.4 Å². The number of para-hydroxylation sites is 2. The second-order valence-electron chi connectivity index (χ2n) is 16.2. The lowest BCUT2D eigenvalue weighted by Gasteiger charge is -2.28. The van der Waals surface area contributed by atoms with Crippen molar-refractivity contribution in [3.63, 3.8) is 0 Å². The highest BCUT2D eigenvalue weighted by Gasteiger charge is 2.35. The Kier molecular flexibility index (Phi) is 8.20. The van der Waals surface area contributed by atoms with Gasteiger partial charge in [-0.2, -0.15) is 0 Å². The maximum absolute atomic E-state index is 2.44. The molecule has 0 fully saturated rings. The third-order valence-corrected chi connectivity index (χ3v) is 12.4. The van der Waals surface area contributed by atoms with E-state index in [1.54, 1.807) is 0 Å². The molecular weight excluding hydrogens is 713 g/mol. The standard InChI is InChI=1S/C57H42N2/c1-57(2)53-24-14-12-22-49(53)50-32-30-47(37-54(50)57)58(48-31-33-52-51-23-13-15-25-55(51)59(56(52)38-48)45-20-10-5-11-21-45)46-28-26-41(27-29-46)44-35-42(39-16-6-3-7-17-39)34-43(36-44)40-18-8-4-9-19-40/h3-38H,1-2H3. The summed E-state index contributed by atoms with van der Waals surface area (Å²) in [5.41, 5.74) is 19.3. The highest BCUT2D eigenvalue weighted by atomic mass is 15.1. The molecule has 0 atom stereocenters. The van der Waals surface area contributed by atoms with E-state index in [0.717, 1.165) is 22.7 Å². The van der Waals surface area contributed by atoms with Crippen molar-refractivity contribution in [2.24, 2.45) is 0 Å². The molecule has 1 heterocycles. The summed E-state index contributed by atoms with van der Waals surface area (Å²) < 4.78 is 2.40. The molecule has 59 heavy (non-hydrogen) atoms. The van der Waals surface area contributed by atoms with Gasteiger partial charge in [-0.1, -0.05) is 159 Å². The molecule has 9 aromatic carbocycles. The van der Waals surface area contributed by atoms with Crippen molar-refractivity contribution in [1.82, 2.24) is 4.57 Å². The van der Waals surface area contributed by atoms with Gasteiger partial charge in [0.05, 0.1) is 11.0 Å². The minimum atomic E-state index is -0.124. The molecule has 0 saturated heterocycles. The zero-order valence-electron chi connectivity index (χ0n) is 33.2. The molecule has 2 heteroatoms. The van der Waals surface area contributed by atoms with E-state index in [0.29, 0.717) is 0 Å². The van der Waals surface area contributed by atoms with Gasteiger partial charge in [0.25, 0.3) is 0 Å². The number of anilines is 3. The van der Waals surface area contributed by atoms with E-state index in [9.17, 15) is 0 Å². The van der Waals surface area contributed by atoms with Crippen molar-refractivity contribution in [1.29, 1.82) is 0 Å². The van der Waals surface area contributed by atoms with E-state index in [-0.39, 0.29) is 5.41 Å².